The molecule has 0 aliphatic carbocycles. The van der Waals surface area contributed by atoms with Crippen LogP contribution in [0.15, 0.2) is 70.7 Å². The van der Waals surface area contributed by atoms with Gasteiger partial charge in [-0.2, -0.15) is 0 Å². The van der Waals surface area contributed by atoms with E-state index in [2.05, 4.69) is 78.9 Å². The molecule has 2 N–H and O–H groups in total. The quantitative estimate of drug-likeness (QED) is 0.401. The number of piperazine rings is 2. The van der Waals surface area contributed by atoms with Crippen LogP contribution in [-0.2, 0) is 0 Å². The number of nitrogens with one attached hydrogen (secondary N) is 2. The van der Waals surface area contributed by atoms with E-state index < -0.39 is 0 Å². The van der Waals surface area contributed by atoms with Gasteiger partial charge >= 0.3 is 0 Å². The molecule has 2 aliphatic heterocycles. The average molecular weight is 489 g/mol. The van der Waals surface area contributed by atoms with Gasteiger partial charge in [-0.15, -0.1) is 0 Å². The molecule has 2 aliphatic rings. The molecule has 0 unspecified atom stereocenters. The Bertz CT molecular complexity index is 1200. The van der Waals surface area contributed by atoms with Crippen molar-refractivity contribution < 1.29 is 0 Å². The van der Waals surface area contributed by atoms with Crippen LogP contribution in [0.1, 0.15) is 0 Å². The summed E-state index contributed by atoms with van der Waals surface area (Å²) in [6.45, 7) is 8.32. The highest BCUT2D eigenvalue weighted by molar-refractivity contribution is 8.76. The Morgan fingerprint density at radius 2 is 1.03 bits per heavy atom. The summed E-state index contributed by atoms with van der Waals surface area (Å²) >= 11 is 0. The minimum absolute atomic E-state index is 1.04. The number of hydrogen-bond donors (Lipinski definition) is 2. The summed E-state index contributed by atoms with van der Waals surface area (Å²) in [6, 6.07) is 17.6. The van der Waals surface area contributed by atoms with Gasteiger partial charge in [0, 0.05) is 96.7 Å². The fourth-order valence-electron chi connectivity index (χ4n) is 4.70. The van der Waals surface area contributed by atoms with Gasteiger partial charge in [0.25, 0.3) is 0 Å². The van der Waals surface area contributed by atoms with E-state index in [4.69, 9.17) is 0 Å². The van der Waals surface area contributed by atoms with Crippen molar-refractivity contribution >= 4 is 54.8 Å². The Kier molecular flexibility index (Phi) is 6.46. The monoisotopic (exact) mass is 488 g/mol. The van der Waals surface area contributed by atoms with Crippen LogP contribution in [0.4, 0.5) is 11.4 Å². The molecule has 0 spiro atoms. The van der Waals surface area contributed by atoms with Crippen LogP contribution in [0.3, 0.4) is 0 Å². The Hall–Kier alpha value is -2.52. The molecule has 6 rings (SSSR count). The zero-order chi connectivity index (χ0) is 22.7. The number of anilines is 2. The van der Waals surface area contributed by atoms with Crippen molar-refractivity contribution in [1.29, 1.82) is 0 Å². The molecule has 2 aromatic carbocycles. The van der Waals surface area contributed by atoms with Crippen LogP contribution in [-0.4, -0.2) is 62.3 Å². The van der Waals surface area contributed by atoms with Crippen molar-refractivity contribution in [3.63, 3.8) is 0 Å². The third kappa shape index (κ3) is 4.55. The predicted molar refractivity (Wildman–Crippen MR) is 145 cm³/mol. The molecule has 2 fully saturated rings. The standard InChI is InChI=1S/C26H28N6S2/c1-3-21-23(17-19(1)31-13-9-27-10-14-31)29-7-5-25(21)33-34-26-6-8-30-24-18-20(2-4-22(24)26)32-15-11-28-12-16-32/h1-8,17-18,27-28H,9-16H2. The molecule has 2 saturated heterocycles. The van der Waals surface area contributed by atoms with Crippen molar-refractivity contribution in [2.24, 2.45) is 0 Å². The minimum atomic E-state index is 1.04. The van der Waals surface area contributed by atoms with Gasteiger partial charge in [-0.1, -0.05) is 21.6 Å². The van der Waals surface area contributed by atoms with Gasteiger partial charge in [-0.3, -0.25) is 9.97 Å². The number of fused-ring (bicyclic) bond motifs is 2. The smallest absolute Gasteiger partial charge is 0.0734 e. The summed E-state index contributed by atoms with van der Waals surface area (Å²) in [4.78, 5) is 16.7. The van der Waals surface area contributed by atoms with E-state index in [9.17, 15) is 0 Å². The molecular weight excluding hydrogens is 460 g/mol. The summed E-state index contributed by atoms with van der Waals surface area (Å²) in [5.41, 5.74) is 4.64. The van der Waals surface area contributed by atoms with Crippen molar-refractivity contribution in [3.8, 4) is 0 Å². The summed E-state index contributed by atoms with van der Waals surface area (Å²) in [5.74, 6) is 0. The van der Waals surface area contributed by atoms with Crippen LogP contribution in [0.5, 0.6) is 0 Å². The third-order valence-electron chi connectivity index (χ3n) is 6.56. The fourth-order valence-corrected chi connectivity index (χ4v) is 7.04. The Morgan fingerprint density at radius 1 is 0.588 bits per heavy atom. The van der Waals surface area contributed by atoms with Gasteiger partial charge in [0.1, 0.15) is 0 Å². The summed E-state index contributed by atoms with van der Waals surface area (Å²) in [6.07, 6.45) is 3.86. The van der Waals surface area contributed by atoms with Crippen LogP contribution in [0, 0.1) is 0 Å². The van der Waals surface area contributed by atoms with E-state index in [0.717, 1.165) is 63.4 Å². The van der Waals surface area contributed by atoms with Gasteiger partial charge in [0.05, 0.1) is 11.0 Å². The van der Waals surface area contributed by atoms with E-state index in [0.29, 0.717) is 0 Å². The molecule has 6 nitrogen and oxygen atoms in total. The van der Waals surface area contributed by atoms with Crippen molar-refractivity contribution in [2.45, 2.75) is 9.79 Å². The molecule has 0 amide bonds. The Labute approximate surface area is 207 Å². The number of hydrogen-bond acceptors (Lipinski definition) is 8. The van der Waals surface area contributed by atoms with E-state index >= 15 is 0 Å². The van der Waals surface area contributed by atoms with Gasteiger partial charge in [0.2, 0.25) is 0 Å². The van der Waals surface area contributed by atoms with E-state index in [1.807, 2.05) is 12.4 Å². The number of pyridine rings is 2. The van der Waals surface area contributed by atoms with Crippen LogP contribution < -0.4 is 20.4 Å². The molecule has 0 radical (unpaired) electrons. The lowest BCUT2D eigenvalue weighted by Gasteiger charge is -2.29. The van der Waals surface area contributed by atoms with Crippen molar-refractivity contribution in [1.82, 2.24) is 20.6 Å². The zero-order valence-corrected chi connectivity index (χ0v) is 20.7. The molecule has 2 aromatic heterocycles. The topological polar surface area (TPSA) is 56.3 Å². The molecule has 0 saturated carbocycles. The molecule has 4 heterocycles. The molecule has 4 aromatic rings. The lowest BCUT2D eigenvalue weighted by atomic mass is 10.2. The molecule has 0 atom stereocenters. The number of benzene rings is 2. The second-order valence-corrected chi connectivity index (χ2v) is 10.9. The summed E-state index contributed by atoms with van der Waals surface area (Å²) in [7, 11) is 3.60. The Morgan fingerprint density at radius 3 is 1.47 bits per heavy atom. The predicted octanol–water partition coefficient (Wildman–Crippen LogP) is 4.40. The second-order valence-electron chi connectivity index (χ2n) is 8.66. The largest absolute Gasteiger partial charge is 0.369 e. The van der Waals surface area contributed by atoms with Gasteiger partial charge in [0.15, 0.2) is 0 Å². The fraction of sp³-hybridized carbons (Fsp3) is 0.308. The van der Waals surface area contributed by atoms with E-state index in [1.165, 1.54) is 31.9 Å². The van der Waals surface area contributed by atoms with E-state index in [1.54, 1.807) is 21.6 Å². The lowest BCUT2D eigenvalue weighted by Crippen LogP contribution is -2.43. The maximum atomic E-state index is 4.67. The number of nitrogens with zero attached hydrogens (tertiary/aromatic N) is 4. The number of aromatic nitrogens is 2. The molecule has 8 heteroatoms. The average Bonchev–Trinajstić information content (AvgIpc) is 2.92. The highest BCUT2D eigenvalue weighted by atomic mass is 33.1. The van der Waals surface area contributed by atoms with E-state index in [-0.39, 0.29) is 0 Å². The third-order valence-corrected chi connectivity index (χ3v) is 9.04. The van der Waals surface area contributed by atoms with Crippen LogP contribution >= 0.6 is 21.6 Å². The first-order chi connectivity index (χ1) is 16.8. The van der Waals surface area contributed by atoms with Gasteiger partial charge in [-0.25, -0.2) is 0 Å². The normalized spacial score (nSPS) is 16.9. The first-order valence-corrected chi connectivity index (χ1v) is 14.0. The second kappa shape index (κ2) is 10.00. The lowest BCUT2D eigenvalue weighted by molar-refractivity contribution is 0.589. The summed E-state index contributed by atoms with van der Waals surface area (Å²) < 4.78 is 0. The zero-order valence-electron chi connectivity index (χ0n) is 19.0. The van der Waals surface area contributed by atoms with Crippen molar-refractivity contribution in [2.75, 3.05) is 62.2 Å². The van der Waals surface area contributed by atoms with Crippen LogP contribution in [0.25, 0.3) is 21.8 Å². The highest BCUT2D eigenvalue weighted by Crippen LogP contribution is 2.43. The minimum Gasteiger partial charge on any atom is -0.369 e. The number of rotatable bonds is 5. The molecule has 34 heavy (non-hydrogen) atoms. The highest BCUT2D eigenvalue weighted by Gasteiger charge is 2.14. The maximum Gasteiger partial charge on any atom is 0.0734 e. The van der Waals surface area contributed by atoms with Crippen LogP contribution in [0.2, 0.25) is 0 Å². The summed E-state index contributed by atoms with van der Waals surface area (Å²) in [5, 5.41) is 9.26. The molecule has 0 bridgehead atoms. The van der Waals surface area contributed by atoms with Gasteiger partial charge in [-0.05, 0) is 48.5 Å². The molecule has 174 valence electrons. The first kappa shape index (κ1) is 22.0. The van der Waals surface area contributed by atoms with Gasteiger partial charge < -0.3 is 20.4 Å². The SMILES string of the molecule is c1cc(SSc2ccnc3cc(N4CCNCC4)ccc23)c2ccc(N3CCNCC3)cc2n1. The Balaban J connectivity index is 1.23. The molecular formula is C26H28N6S2. The maximum absolute atomic E-state index is 4.67. The van der Waals surface area contributed by atoms with Crippen molar-refractivity contribution in [3.05, 3.63) is 60.9 Å². The first-order valence-electron chi connectivity index (χ1n) is 11.9.